The van der Waals surface area contributed by atoms with Crippen LogP contribution in [0.3, 0.4) is 0 Å². The van der Waals surface area contributed by atoms with Crippen LogP contribution in [0.5, 0.6) is 5.75 Å². The van der Waals surface area contributed by atoms with Gasteiger partial charge in [0, 0.05) is 18.7 Å². The molecule has 0 aromatic heterocycles. The monoisotopic (exact) mass is 268 g/mol. The van der Waals surface area contributed by atoms with Gasteiger partial charge in [-0.25, -0.2) is 0 Å². The molecule has 19 heavy (non-hydrogen) atoms. The number of hydrogen-bond acceptors (Lipinski definition) is 4. The number of hydrogen-bond donors (Lipinski definition) is 0. The van der Waals surface area contributed by atoms with E-state index in [1.807, 2.05) is 13.8 Å². The van der Waals surface area contributed by atoms with Crippen molar-refractivity contribution >= 4 is 17.3 Å². The topological polar surface area (TPSA) is 72.7 Å². The van der Waals surface area contributed by atoms with E-state index >= 15 is 0 Å². The Kier molecular flexibility index (Phi) is 3.37. The van der Waals surface area contributed by atoms with E-state index < -0.39 is 16.4 Å². The average molecular weight is 268 g/mol. The van der Waals surface area contributed by atoms with E-state index in [-0.39, 0.29) is 29.9 Å². The van der Waals surface area contributed by atoms with Crippen molar-refractivity contribution < 1.29 is 18.8 Å². The molecule has 0 fully saturated rings. The average Bonchev–Trinajstić information content (AvgIpc) is 2.31. The van der Waals surface area contributed by atoms with Crippen LogP contribution in [0, 0.1) is 21.8 Å². The second-order valence-electron chi connectivity index (χ2n) is 4.72. The fourth-order valence-corrected chi connectivity index (χ4v) is 1.92. The van der Waals surface area contributed by atoms with E-state index in [1.54, 1.807) is 0 Å². The number of nitrogens with zero attached hydrogens (tertiary/aromatic N) is 2. The second kappa shape index (κ2) is 4.83. The molecule has 102 valence electrons. The van der Waals surface area contributed by atoms with Crippen LogP contribution in [0.1, 0.15) is 13.8 Å². The van der Waals surface area contributed by atoms with Crippen molar-refractivity contribution in [1.82, 2.24) is 0 Å². The summed E-state index contributed by atoms with van der Waals surface area (Å²) in [5.74, 6) is -0.924. The molecular weight excluding hydrogens is 255 g/mol. The number of nitro benzene ring substituents is 1. The lowest BCUT2D eigenvalue weighted by Gasteiger charge is -2.30. The minimum atomic E-state index is -0.970. The number of ether oxygens (including phenoxy) is 1. The Labute approximate surface area is 108 Å². The third-order valence-electron chi connectivity index (χ3n) is 2.72. The Morgan fingerprint density at radius 2 is 2.21 bits per heavy atom. The Balaban J connectivity index is 2.50. The van der Waals surface area contributed by atoms with Gasteiger partial charge in [0.2, 0.25) is 5.82 Å². The number of carbonyl (C=O) groups is 1. The van der Waals surface area contributed by atoms with Crippen LogP contribution in [-0.2, 0) is 4.79 Å². The van der Waals surface area contributed by atoms with Crippen molar-refractivity contribution in [2.45, 2.75) is 13.8 Å². The molecule has 1 aromatic rings. The van der Waals surface area contributed by atoms with Crippen LogP contribution < -0.4 is 9.64 Å². The molecule has 0 unspecified atom stereocenters. The Bertz CT molecular complexity index is 545. The lowest BCUT2D eigenvalue weighted by Crippen LogP contribution is -2.41. The predicted molar refractivity (Wildman–Crippen MR) is 65.7 cm³/mol. The first kappa shape index (κ1) is 13.3. The van der Waals surface area contributed by atoms with E-state index in [0.717, 1.165) is 12.1 Å². The molecule has 1 aromatic carbocycles. The molecule has 0 radical (unpaired) electrons. The van der Waals surface area contributed by atoms with Gasteiger partial charge in [0.25, 0.3) is 5.91 Å². The number of halogens is 1. The number of amides is 1. The molecule has 0 saturated carbocycles. The highest BCUT2D eigenvalue weighted by Crippen LogP contribution is 2.37. The molecule has 2 rings (SSSR count). The molecule has 0 saturated heterocycles. The van der Waals surface area contributed by atoms with Gasteiger partial charge in [0.05, 0.1) is 10.6 Å². The number of anilines is 1. The van der Waals surface area contributed by atoms with Gasteiger partial charge in [-0.3, -0.25) is 14.9 Å². The minimum absolute atomic E-state index is 0.156. The summed E-state index contributed by atoms with van der Waals surface area (Å²) in [5.41, 5.74) is -0.413. The first-order valence-electron chi connectivity index (χ1n) is 5.81. The fourth-order valence-electron chi connectivity index (χ4n) is 1.92. The van der Waals surface area contributed by atoms with Gasteiger partial charge in [-0.15, -0.1) is 0 Å². The minimum Gasteiger partial charge on any atom is -0.481 e. The predicted octanol–water partition coefficient (Wildman–Crippen LogP) is 2.12. The number of rotatable bonds is 3. The maximum absolute atomic E-state index is 13.5. The first-order chi connectivity index (χ1) is 8.90. The number of benzene rings is 1. The third kappa shape index (κ3) is 2.49. The smallest absolute Gasteiger partial charge is 0.307 e. The normalized spacial score (nSPS) is 14.3. The summed E-state index contributed by atoms with van der Waals surface area (Å²) >= 11 is 0. The number of fused-ring (bicyclic) bond motifs is 1. The molecule has 0 spiro atoms. The SMILES string of the molecule is CC(C)CN1C(=O)COc2cc(F)c([N+](=O)[O-])cc21. The van der Waals surface area contributed by atoms with E-state index in [2.05, 4.69) is 0 Å². The zero-order chi connectivity index (χ0) is 14.2. The zero-order valence-corrected chi connectivity index (χ0v) is 10.6. The molecule has 6 nitrogen and oxygen atoms in total. The zero-order valence-electron chi connectivity index (χ0n) is 10.6. The van der Waals surface area contributed by atoms with Crippen LogP contribution in [0.15, 0.2) is 12.1 Å². The van der Waals surface area contributed by atoms with Crippen molar-refractivity contribution in [2.75, 3.05) is 18.1 Å². The molecule has 0 aliphatic carbocycles. The molecule has 1 aliphatic heterocycles. The lowest BCUT2D eigenvalue weighted by molar-refractivity contribution is -0.387. The summed E-state index contributed by atoms with van der Waals surface area (Å²) < 4.78 is 18.6. The molecule has 7 heteroatoms. The Morgan fingerprint density at radius 1 is 1.53 bits per heavy atom. The highest BCUT2D eigenvalue weighted by atomic mass is 19.1. The largest absolute Gasteiger partial charge is 0.481 e. The number of carbonyl (C=O) groups excluding carboxylic acids is 1. The van der Waals surface area contributed by atoms with Crippen LogP contribution >= 0.6 is 0 Å². The molecular formula is C12H13FN2O4. The van der Waals surface area contributed by atoms with Crippen molar-refractivity contribution in [3.63, 3.8) is 0 Å². The van der Waals surface area contributed by atoms with Crippen LogP contribution in [0.2, 0.25) is 0 Å². The summed E-state index contributed by atoms with van der Waals surface area (Å²) in [6.07, 6.45) is 0. The Hall–Kier alpha value is -2.18. The van der Waals surface area contributed by atoms with Crippen LogP contribution in [0.25, 0.3) is 0 Å². The van der Waals surface area contributed by atoms with Gasteiger partial charge in [0.1, 0.15) is 5.75 Å². The summed E-state index contributed by atoms with van der Waals surface area (Å²) in [5, 5.41) is 10.7. The van der Waals surface area contributed by atoms with E-state index in [0.29, 0.717) is 6.54 Å². The second-order valence-corrected chi connectivity index (χ2v) is 4.72. The summed E-state index contributed by atoms with van der Waals surface area (Å²) in [6.45, 7) is 4.05. The molecule has 0 atom stereocenters. The van der Waals surface area contributed by atoms with Crippen molar-refractivity contribution in [2.24, 2.45) is 5.92 Å². The Morgan fingerprint density at radius 3 is 2.79 bits per heavy atom. The molecule has 0 N–H and O–H groups in total. The van der Waals surface area contributed by atoms with Crippen molar-refractivity contribution in [3.8, 4) is 5.75 Å². The van der Waals surface area contributed by atoms with Crippen molar-refractivity contribution in [1.29, 1.82) is 0 Å². The third-order valence-corrected chi connectivity index (χ3v) is 2.72. The van der Waals surface area contributed by atoms with Gasteiger partial charge >= 0.3 is 5.69 Å². The molecule has 1 amide bonds. The van der Waals surface area contributed by atoms with Crippen molar-refractivity contribution in [3.05, 3.63) is 28.1 Å². The van der Waals surface area contributed by atoms with Gasteiger partial charge in [-0.05, 0) is 5.92 Å². The number of nitro groups is 1. The van der Waals surface area contributed by atoms with Crippen LogP contribution in [0.4, 0.5) is 15.8 Å². The molecule has 1 aliphatic rings. The summed E-state index contributed by atoms with van der Waals surface area (Å²) in [4.78, 5) is 23.1. The maximum Gasteiger partial charge on any atom is 0.307 e. The molecule has 1 heterocycles. The first-order valence-corrected chi connectivity index (χ1v) is 5.81. The summed E-state index contributed by atoms with van der Waals surface area (Å²) in [7, 11) is 0. The van der Waals surface area contributed by atoms with Gasteiger partial charge in [-0.2, -0.15) is 4.39 Å². The molecule has 0 bridgehead atoms. The fraction of sp³-hybridized carbons (Fsp3) is 0.417. The lowest BCUT2D eigenvalue weighted by atomic mass is 10.1. The van der Waals surface area contributed by atoms with E-state index in [4.69, 9.17) is 4.74 Å². The van der Waals surface area contributed by atoms with Crippen LogP contribution in [-0.4, -0.2) is 24.0 Å². The van der Waals surface area contributed by atoms with E-state index in [9.17, 15) is 19.3 Å². The quantitative estimate of drug-likeness (QED) is 0.621. The highest BCUT2D eigenvalue weighted by molar-refractivity contribution is 5.98. The summed E-state index contributed by atoms with van der Waals surface area (Å²) in [6, 6.07) is 2.00. The van der Waals surface area contributed by atoms with E-state index in [1.165, 1.54) is 4.90 Å². The van der Waals surface area contributed by atoms with Gasteiger partial charge < -0.3 is 9.64 Å². The van der Waals surface area contributed by atoms with Gasteiger partial charge in [-0.1, -0.05) is 13.8 Å². The standard InChI is InChI=1S/C12H13FN2O4/c1-7(2)5-14-10-4-9(15(17)18)8(13)3-11(10)19-6-12(14)16/h3-4,7H,5-6H2,1-2H3. The highest BCUT2D eigenvalue weighted by Gasteiger charge is 2.30. The maximum atomic E-state index is 13.5. The van der Waals surface area contributed by atoms with Gasteiger partial charge in [0.15, 0.2) is 6.61 Å².